The van der Waals surface area contributed by atoms with Crippen molar-refractivity contribution in [3.8, 4) is 6.07 Å². The van der Waals surface area contributed by atoms with Crippen molar-refractivity contribution in [2.75, 3.05) is 13.1 Å². The van der Waals surface area contributed by atoms with Crippen LogP contribution >= 0.6 is 0 Å². The van der Waals surface area contributed by atoms with Gasteiger partial charge in [0.05, 0.1) is 5.70 Å². The number of rotatable bonds is 2. The van der Waals surface area contributed by atoms with Crippen LogP contribution in [0.5, 0.6) is 0 Å². The van der Waals surface area contributed by atoms with Crippen molar-refractivity contribution >= 4 is 11.5 Å². The van der Waals surface area contributed by atoms with Gasteiger partial charge in [0.15, 0.2) is 5.78 Å². The predicted octanol–water partition coefficient (Wildman–Crippen LogP) is 1.72. The maximum Gasteiger partial charge on any atom is 0.179 e. The molecular formula is C18H15N5O. The number of ketones is 1. The molecule has 2 aromatic rings. The molecule has 2 aromatic heterocycles. The zero-order chi connectivity index (χ0) is 16.5. The topological polar surface area (TPSA) is 82.8 Å². The standard InChI is InChI=1S/C18H15N5O/c19-9-15-16(24)8-13-10-20-6-2-14(13)17(15)23-7-3-12(11-23)18-21-4-1-5-22-18/h1-2,4-6,10,12H,3,7-8,11H2. The third kappa shape index (κ3) is 2.35. The predicted molar refractivity (Wildman–Crippen MR) is 86.4 cm³/mol. The van der Waals surface area contributed by atoms with E-state index in [1.165, 1.54) is 0 Å². The van der Waals surface area contributed by atoms with E-state index in [1.807, 2.05) is 6.07 Å². The average Bonchev–Trinajstić information content (AvgIpc) is 3.11. The van der Waals surface area contributed by atoms with Crippen LogP contribution in [0.1, 0.15) is 29.3 Å². The molecule has 6 heteroatoms. The van der Waals surface area contributed by atoms with E-state index in [1.54, 1.807) is 30.9 Å². The molecule has 0 N–H and O–H groups in total. The largest absolute Gasteiger partial charge is 0.369 e. The summed E-state index contributed by atoms with van der Waals surface area (Å²) < 4.78 is 0. The quantitative estimate of drug-likeness (QED) is 0.838. The second kappa shape index (κ2) is 5.85. The first kappa shape index (κ1) is 14.5. The highest BCUT2D eigenvalue weighted by Gasteiger charge is 2.34. The van der Waals surface area contributed by atoms with Gasteiger partial charge in [0.25, 0.3) is 0 Å². The summed E-state index contributed by atoms with van der Waals surface area (Å²) in [4.78, 5) is 27.3. The van der Waals surface area contributed by atoms with E-state index in [9.17, 15) is 10.1 Å². The molecule has 0 aromatic carbocycles. The van der Waals surface area contributed by atoms with E-state index in [0.717, 1.165) is 35.6 Å². The van der Waals surface area contributed by atoms with E-state index in [4.69, 9.17) is 0 Å². The highest BCUT2D eigenvalue weighted by Crippen LogP contribution is 2.36. The summed E-state index contributed by atoms with van der Waals surface area (Å²) in [5.74, 6) is 0.893. The van der Waals surface area contributed by atoms with E-state index < -0.39 is 0 Å². The monoisotopic (exact) mass is 317 g/mol. The van der Waals surface area contributed by atoms with Crippen LogP contribution in [0.25, 0.3) is 5.70 Å². The molecule has 1 fully saturated rings. The minimum atomic E-state index is -0.132. The number of allylic oxidation sites excluding steroid dienone is 1. The fourth-order valence-corrected chi connectivity index (χ4v) is 3.47. The molecule has 1 saturated heterocycles. The third-order valence-electron chi connectivity index (χ3n) is 4.59. The zero-order valence-electron chi connectivity index (χ0n) is 13.0. The van der Waals surface area contributed by atoms with Crippen molar-refractivity contribution in [3.05, 3.63) is 59.4 Å². The van der Waals surface area contributed by atoms with Crippen LogP contribution in [0.2, 0.25) is 0 Å². The van der Waals surface area contributed by atoms with Gasteiger partial charge in [0.2, 0.25) is 0 Å². The summed E-state index contributed by atoms with van der Waals surface area (Å²) in [6, 6.07) is 5.80. The van der Waals surface area contributed by atoms with E-state index in [-0.39, 0.29) is 23.7 Å². The molecule has 1 atom stereocenters. The number of hydrogen-bond donors (Lipinski definition) is 0. The number of carbonyl (C=O) groups is 1. The molecule has 4 rings (SSSR count). The molecule has 1 aliphatic carbocycles. The normalized spacial score (nSPS) is 20.0. The summed E-state index contributed by atoms with van der Waals surface area (Å²) in [6.07, 6.45) is 8.06. The van der Waals surface area contributed by atoms with Crippen molar-refractivity contribution in [2.24, 2.45) is 0 Å². The van der Waals surface area contributed by atoms with Gasteiger partial charge in [-0.25, -0.2) is 9.97 Å². The highest BCUT2D eigenvalue weighted by molar-refractivity contribution is 6.09. The molecule has 0 bridgehead atoms. The lowest BCUT2D eigenvalue weighted by Gasteiger charge is -2.27. The Balaban J connectivity index is 1.72. The molecule has 3 heterocycles. The van der Waals surface area contributed by atoms with Crippen LogP contribution in [0.3, 0.4) is 0 Å². The second-order valence-corrected chi connectivity index (χ2v) is 6.01. The van der Waals surface area contributed by atoms with Crippen LogP contribution in [-0.4, -0.2) is 38.7 Å². The minimum Gasteiger partial charge on any atom is -0.369 e. The van der Waals surface area contributed by atoms with Crippen molar-refractivity contribution in [1.82, 2.24) is 19.9 Å². The van der Waals surface area contributed by atoms with Gasteiger partial charge in [-0.3, -0.25) is 9.78 Å². The van der Waals surface area contributed by atoms with Crippen LogP contribution in [0.4, 0.5) is 0 Å². The van der Waals surface area contributed by atoms with Crippen molar-refractivity contribution in [2.45, 2.75) is 18.8 Å². The number of Topliss-reactive ketones (excluding diaryl/α,β-unsaturated/α-hetero) is 1. The molecule has 1 aliphatic heterocycles. The Bertz CT molecular complexity index is 868. The third-order valence-corrected chi connectivity index (χ3v) is 4.59. The van der Waals surface area contributed by atoms with Crippen LogP contribution < -0.4 is 0 Å². The molecule has 2 aliphatic rings. The number of carbonyl (C=O) groups excluding carboxylic acids is 1. The fourth-order valence-electron chi connectivity index (χ4n) is 3.47. The lowest BCUT2D eigenvalue weighted by Crippen LogP contribution is -2.27. The smallest absolute Gasteiger partial charge is 0.179 e. The van der Waals surface area contributed by atoms with E-state index >= 15 is 0 Å². The summed E-state index contributed by atoms with van der Waals surface area (Å²) in [6.45, 7) is 1.48. The molecule has 118 valence electrons. The highest BCUT2D eigenvalue weighted by atomic mass is 16.1. The van der Waals surface area contributed by atoms with Crippen LogP contribution in [0, 0.1) is 11.3 Å². The van der Waals surface area contributed by atoms with Crippen LogP contribution in [0.15, 0.2) is 42.5 Å². The van der Waals surface area contributed by atoms with Gasteiger partial charge in [0.1, 0.15) is 17.5 Å². The Morgan fingerprint density at radius 3 is 2.88 bits per heavy atom. The number of aromatic nitrogens is 3. The Hall–Kier alpha value is -3.07. The summed E-state index contributed by atoms with van der Waals surface area (Å²) in [5, 5.41) is 9.51. The van der Waals surface area contributed by atoms with Gasteiger partial charge in [0, 0.05) is 55.8 Å². The SMILES string of the molecule is N#CC1=C(N2CCC(c3ncccn3)C2)c2ccncc2CC1=O. The van der Waals surface area contributed by atoms with E-state index in [2.05, 4.69) is 25.9 Å². The number of likely N-dealkylation sites (tertiary alicyclic amines) is 1. The number of fused-ring (bicyclic) bond motifs is 1. The number of nitrogens with zero attached hydrogens (tertiary/aromatic N) is 5. The fraction of sp³-hybridized carbons (Fsp3) is 0.278. The van der Waals surface area contributed by atoms with Gasteiger partial charge < -0.3 is 4.90 Å². The van der Waals surface area contributed by atoms with Gasteiger partial charge in [-0.05, 0) is 24.1 Å². The summed E-state index contributed by atoms with van der Waals surface area (Å²) in [7, 11) is 0. The molecule has 24 heavy (non-hydrogen) atoms. The molecule has 0 amide bonds. The maximum atomic E-state index is 12.3. The summed E-state index contributed by atoms with van der Waals surface area (Å²) in [5.41, 5.74) is 2.82. The number of nitriles is 1. The average molecular weight is 317 g/mol. The Kier molecular flexibility index (Phi) is 3.54. The first-order valence-electron chi connectivity index (χ1n) is 7.90. The number of pyridine rings is 1. The Morgan fingerprint density at radius 2 is 2.08 bits per heavy atom. The molecule has 1 unspecified atom stereocenters. The maximum absolute atomic E-state index is 12.3. The van der Waals surface area contributed by atoms with Gasteiger partial charge in [-0.1, -0.05) is 0 Å². The van der Waals surface area contributed by atoms with Crippen LogP contribution in [-0.2, 0) is 11.2 Å². The van der Waals surface area contributed by atoms with Gasteiger partial charge >= 0.3 is 0 Å². The number of hydrogen-bond acceptors (Lipinski definition) is 6. The molecular weight excluding hydrogens is 302 g/mol. The molecule has 0 spiro atoms. The Labute approximate surface area is 139 Å². The van der Waals surface area contributed by atoms with Gasteiger partial charge in [-0.2, -0.15) is 5.26 Å². The minimum absolute atomic E-state index is 0.132. The Morgan fingerprint density at radius 1 is 1.25 bits per heavy atom. The van der Waals surface area contributed by atoms with Crippen molar-refractivity contribution in [3.63, 3.8) is 0 Å². The van der Waals surface area contributed by atoms with Crippen molar-refractivity contribution in [1.29, 1.82) is 5.26 Å². The van der Waals surface area contributed by atoms with E-state index in [0.29, 0.717) is 6.54 Å². The van der Waals surface area contributed by atoms with Gasteiger partial charge in [-0.15, -0.1) is 0 Å². The first-order valence-corrected chi connectivity index (χ1v) is 7.90. The molecule has 0 radical (unpaired) electrons. The first-order chi connectivity index (χ1) is 11.8. The summed E-state index contributed by atoms with van der Waals surface area (Å²) >= 11 is 0. The molecule has 6 nitrogen and oxygen atoms in total. The lowest BCUT2D eigenvalue weighted by atomic mass is 9.89. The zero-order valence-corrected chi connectivity index (χ0v) is 13.0. The molecule has 0 saturated carbocycles. The lowest BCUT2D eigenvalue weighted by molar-refractivity contribution is -0.114. The second-order valence-electron chi connectivity index (χ2n) is 6.01. The van der Waals surface area contributed by atoms with Crippen molar-refractivity contribution < 1.29 is 4.79 Å².